The summed E-state index contributed by atoms with van der Waals surface area (Å²) in [5.74, 6) is -0.118. The predicted molar refractivity (Wildman–Crippen MR) is 112 cm³/mol. The Kier molecular flexibility index (Phi) is 6.91. The molecule has 0 radical (unpaired) electrons. The first-order valence-corrected chi connectivity index (χ1v) is 9.58. The molecule has 1 atom stereocenters. The molecule has 3 aromatic rings. The number of methoxy groups -OCH3 is 1. The van der Waals surface area contributed by atoms with Crippen molar-refractivity contribution >= 4 is 11.6 Å². The van der Waals surface area contributed by atoms with E-state index >= 15 is 0 Å². The highest BCUT2D eigenvalue weighted by atomic mass is 19.4. The van der Waals surface area contributed by atoms with Crippen molar-refractivity contribution in [1.82, 2.24) is 4.98 Å². The highest BCUT2D eigenvalue weighted by molar-refractivity contribution is 5.98. The number of aromatic nitrogens is 1. The van der Waals surface area contributed by atoms with Gasteiger partial charge in [-0.1, -0.05) is 42.5 Å². The van der Waals surface area contributed by atoms with Crippen molar-refractivity contribution < 1.29 is 22.7 Å². The third-order valence-electron chi connectivity index (χ3n) is 4.83. The molecule has 1 aromatic heterocycles. The molecule has 0 saturated heterocycles. The Bertz CT molecular complexity index is 1010. The van der Waals surface area contributed by atoms with E-state index in [1.807, 2.05) is 6.07 Å². The highest BCUT2D eigenvalue weighted by Crippen LogP contribution is 2.30. The first-order chi connectivity index (χ1) is 14.8. The van der Waals surface area contributed by atoms with Gasteiger partial charge >= 0.3 is 6.18 Å². The Hall–Kier alpha value is -3.39. The van der Waals surface area contributed by atoms with Gasteiger partial charge in [0.05, 0.1) is 12.7 Å². The van der Waals surface area contributed by atoms with E-state index in [0.717, 1.165) is 12.1 Å². The topological polar surface area (TPSA) is 68.5 Å². The third-order valence-corrected chi connectivity index (χ3v) is 4.83. The molecule has 8 heteroatoms. The number of amides is 1. The Balaban J connectivity index is 1.86. The normalized spacial score (nSPS) is 12.3. The lowest BCUT2D eigenvalue weighted by Gasteiger charge is -2.27. The van der Waals surface area contributed by atoms with Crippen LogP contribution in [0.1, 0.15) is 22.7 Å². The van der Waals surface area contributed by atoms with Crippen molar-refractivity contribution in [1.29, 1.82) is 0 Å². The van der Waals surface area contributed by atoms with Gasteiger partial charge in [-0.3, -0.25) is 4.79 Å². The smallest absolute Gasteiger partial charge is 0.416 e. The van der Waals surface area contributed by atoms with Crippen LogP contribution in [0.2, 0.25) is 0 Å². The number of benzene rings is 2. The van der Waals surface area contributed by atoms with Crippen LogP contribution in [-0.4, -0.2) is 24.5 Å². The monoisotopic (exact) mass is 429 g/mol. The van der Waals surface area contributed by atoms with Crippen LogP contribution in [0.3, 0.4) is 0 Å². The van der Waals surface area contributed by atoms with Gasteiger partial charge in [-0.05, 0) is 41.8 Å². The van der Waals surface area contributed by atoms with Crippen LogP contribution in [0.4, 0.5) is 18.9 Å². The number of anilines is 1. The molecule has 0 saturated carbocycles. The predicted octanol–water partition coefficient (Wildman–Crippen LogP) is 4.38. The number of ether oxygens (including phenoxy) is 1. The van der Waals surface area contributed by atoms with Crippen LogP contribution in [0.15, 0.2) is 72.9 Å². The summed E-state index contributed by atoms with van der Waals surface area (Å²) in [6.45, 7) is 0.187. The second kappa shape index (κ2) is 9.61. The molecule has 1 unspecified atom stereocenters. The van der Waals surface area contributed by atoms with Crippen LogP contribution in [0.5, 0.6) is 5.88 Å². The second-order valence-electron chi connectivity index (χ2n) is 6.85. The van der Waals surface area contributed by atoms with Crippen LogP contribution < -0.4 is 15.4 Å². The summed E-state index contributed by atoms with van der Waals surface area (Å²) >= 11 is 0. The van der Waals surface area contributed by atoms with Gasteiger partial charge in [0.15, 0.2) is 0 Å². The van der Waals surface area contributed by atoms with E-state index in [9.17, 15) is 18.0 Å². The van der Waals surface area contributed by atoms with E-state index < -0.39 is 17.8 Å². The minimum absolute atomic E-state index is 0.187. The number of carbonyl (C=O) groups excluding carboxylic acids is 1. The molecular weight excluding hydrogens is 407 g/mol. The third kappa shape index (κ3) is 5.40. The summed E-state index contributed by atoms with van der Waals surface area (Å²) in [5.41, 5.74) is 7.25. The number of nitrogens with two attached hydrogens (primary N) is 1. The van der Waals surface area contributed by atoms with Gasteiger partial charge in [0.1, 0.15) is 11.7 Å². The molecule has 0 aliphatic carbocycles. The number of alkyl halides is 3. The van der Waals surface area contributed by atoms with Gasteiger partial charge in [0, 0.05) is 12.7 Å². The summed E-state index contributed by atoms with van der Waals surface area (Å²) < 4.78 is 43.7. The second-order valence-corrected chi connectivity index (χ2v) is 6.85. The molecule has 31 heavy (non-hydrogen) atoms. The van der Waals surface area contributed by atoms with Crippen LogP contribution in [0, 0.1) is 0 Å². The molecule has 0 fully saturated rings. The molecule has 0 spiro atoms. The van der Waals surface area contributed by atoms with Crippen LogP contribution >= 0.6 is 0 Å². The molecule has 0 bridgehead atoms. The molecule has 2 N–H and O–H groups in total. The fourth-order valence-corrected chi connectivity index (χ4v) is 3.17. The molecule has 0 aliphatic heterocycles. The number of hydrogen-bond donors (Lipinski definition) is 1. The van der Waals surface area contributed by atoms with E-state index in [1.54, 1.807) is 36.4 Å². The highest BCUT2D eigenvalue weighted by Gasteiger charge is 2.30. The number of nitrogens with zero attached hydrogens (tertiary/aromatic N) is 2. The summed E-state index contributed by atoms with van der Waals surface area (Å²) in [7, 11) is 1.45. The average molecular weight is 429 g/mol. The number of halogens is 3. The zero-order chi connectivity index (χ0) is 22.4. The molecular formula is C23H22F3N3O2. The quantitative estimate of drug-likeness (QED) is 0.605. The molecule has 1 heterocycles. The number of hydrogen-bond acceptors (Lipinski definition) is 4. The summed E-state index contributed by atoms with van der Waals surface area (Å²) in [5, 5.41) is 0. The standard InChI is InChI=1S/C23H22F3N3O2/c1-31-21-19(8-5-14-28-21)29(22(30)20(27)17-6-3-2-4-7-17)15-13-16-9-11-18(12-10-16)23(24,25)26/h2-12,14,20H,13,15,27H2,1H3. The fraction of sp³-hybridized carbons (Fsp3) is 0.217. The maximum absolute atomic E-state index is 13.3. The van der Waals surface area contributed by atoms with E-state index in [2.05, 4.69) is 4.98 Å². The Morgan fingerprint density at radius 1 is 1.06 bits per heavy atom. The summed E-state index contributed by atoms with van der Waals surface area (Å²) in [6, 6.07) is 16.2. The lowest BCUT2D eigenvalue weighted by atomic mass is 10.0. The largest absolute Gasteiger partial charge is 0.480 e. The van der Waals surface area contributed by atoms with E-state index in [1.165, 1.54) is 30.3 Å². The first kappa shape index (κ1) is 22.3. The molecule has 162 valence electrons. The Morgan fingerprint density at radius 3 is 2.35 bits per heavy atom. The van der Waals surface area contributed by atoms with Crippen molar-refractivity contribution in [2.75, 3.05) is 18.6 Å². The van der Waals surface area contributed by atoms with E-state index in [-0.39, 0.29) is 18.3 Å². The number of pyridine rings is 1. The van der Waals surface area contributed by atoms with Crippen molar-refractivity contribution in [3.63, 3.8) is 0 Å². The minimum Gasteiger partial charge on any atom is -0.480 e. The van der Waals surface area contributed by atoms with Gasteiger partial charge in [-0.15, -0.1) is 0 Å². The van der Waals surface area contributed by atoms with Crippen molar-refractivity contribution in [3.8, 4) is 5.88 Å². The summed E-state index contributed by atoms with van der Waals surface area (Å²) in [6.07, 6.45) is -2.53. The zero-order valence-electron chi connectivity index (χ0n) is 16.8. The van der Waals surface area contributed by atoms with Gasteiger partial charge in [-0.25, -0.2) is 4.98 Å². The van der Waals surface area contributed by atoms with Gasteiger partial charge in [0.25, 0.3) is 0 Å². The summed E-state index contributed by atoms with van der Waals surface area (Å²) in [4.78, 5) is 18.9. The van der Waals surface area contributed by atoms with Crippen LogP contribution in [-0.2, 0) is 17.4 Å². The van der Waals surface area contributed by atoms with E-state index in [4.69, 9.17) is 10.5 Å². The molecule has 1 amide bonds. The van der Waals surface area contributed by atoms with Gasteiger partial charge < -0.3 is 15.4 Å². The van der Waals surface area contributed by atoms with Gasteiger partial charge in [0.2, 0.25) is 11.8 Å². The number of rotatable bonds is 7. The lowest BCUT2D eigenvalue weighted by Crippen LogP contribution is -2.40. The Morgan fingerprint density at radius 2 is 1.74 bits per heavy atom. The van der Waals surface area contributed by atoms with Gasteiger partial charge in [-0.2, -0.15) is 13.2 Å². The van der Waals surface area contributed by atoms with Crippen molar-refractivity contribution in [3.05, 3.63) is 89.6 Å². The Labute approximate surface area is 178 Å². The molecule has 3 rings (SSSR count). The van der Waals surface area contributed by atoms with Crippen molar-refractivity contribution in [2.24, 2.45) is 5.73 Å². The fourth-order valence-electron chi connectivity index (χ4n) is 3.17. The van der Waals surface area contributed by atoms with Crippen molar-refractivity contribution in [2.45, 2.75) is 18.6 Å². The maximum atomic E-state index is 13.3. The molecule has 0 aliphatic rings. The SMILES string of the molecule is COc1ncccc1N(CCc1ccc(C(F)(F)F)cc1)C(=O)C(N)c1ccccc1. The molecule has 5 nitrogen and oxygen atoms in total. The van der Waals surface area contributed by atoms with E-state index in [0.29, 0.717) is 23.2 Å². The lowest BCUT2D eigenvalue weighted by molar-refractivity contribution is -0.137. The number of carbonyl (C=O) groups is 1. The molecule has 2 aromatic carbocycles. The average Bonchev–Trinajstić information content (AvgIpc) is 2.79. The maximum Gasteiger partial charge on any atom is 0.416 e. The zero-order valence-corrected chi connectivity index (χ0v) is 16.8. The minimum atomic E-state index is -4.40. The van der Waals surface area contributed by atoms with Crippen LogP contribution in [0.25, 0.3) is 0 Å². The first-order valence-electron chi connectivity index (χ1n) is 9.58.